The number of thiazole rings is 1. The third-order valence-electron chi connectivity index (χ3n) is 5.16. The van der Waals surface area contributed by atoms with Crippen LogP contribution in [0.2, 0.25) is 0 Å². The molecule has 31 heavy (non-hydrogen) atoms. The zero-order chi connectivity index (χ0) is 22.1. The lowest BCUT2D eigenvalue weighted by Gasteiger charge is -2.34. The van der Waals surface area contributed by atoms with Gasteiger partial charge in [-0.3, -0.25) is 9.79 Å². The number of fused-ring (bicyclic) bond motifs is 3. The molecule has 0 bridgehead atoms. The zero-order valence-corrected chi connectivity index (χ0v) is 17.9. The summed E-state index contributed by atoms with van der Waals surface area (Å²) in [5, 5.41) is 1.78. The van der Waals surface area contributed by atoms with Crippen molar-refractivity contribution in [3.8, 4) is 0 Å². The first-order chi connectivity index (χ1) is 15.0. The van der Waals surface area contributed by atoms with E-state index >= 15 is 4.39 Å². The summed E-state index contributed by atoms with van der Waals surface area (Å²) in [5.41, 5.74) is 0.316. The molecule has 3 heterocycles. The number of halogens is 2. The molecule has 0 aliphatic carbocycles. The molecule has 0 N–H and O–H groups in total. The van der Waals surface area contributed by atoms with Crippen molar-refractivity contribution >= 4 is 44.9 Å². The first kappa shape index (κ1) is 21.4. The molecule has 1 aliphatic rings. The Hall–Kier alpha value is -2.85. The molecule has 2 aromatic heterocycles. The fourth-order valence-corrected chi connectivity index (χ4v) is 4.79. The molecule has 164 valence electrons. The smallest absolute Gasteiger partial charge is 0.345 e. The van der Waals surface area contributed by atoms with Crippen LogP contribution in [-0.4, -0.2) is 62.7 Å². The first-order valence-electron chi connectivity index (χ1n) is 9.81. The molecular formula is C21H21F2N3O4S. The van der Waals surface area contributed by atoms with E-state index in [4.69, 9.17) is 9.47 Å². The highest BCUT2D eigenvalue weighted by molar-refractivity contribution is 7.16. The van der Waals surface area contributed by atoms with Gasteiger partial charge in [0.05, 0.1) is 29.8 Å². The third kappa shape index (κ3) is 3.59. The van der Waals surface area contributed by atoms with E-state index in [0.29, 0.717) is 22.5 Å². The highest BCUT2D eigenvalue weighted by Gasteiger charge is 2.29. The molecule has 0 spiro atoms. The van der Waals surface area contributed by atoms with E-state index in [0.717, 1.165) is 6.07 Å². The lowest BCUT2D eigenvalue weighted by Crippen LogP contribution is -2.44. The Kier molecular flexibility index (Phi) is 6.01. The second kappa shape index (κ2) is 8.72. The predicted molar refractivity (Wildman–Crippen MR) is 116 cm³/mol. The van der Waals surface area contributed by atoms with Crippen LogP contribution < -0.4 is 10.3 Å². The van der Waals surface area contributed by atoms with Gasteiger partial charge in [0.2, 0.25) is 5.43 Å². The van der Waals surface area contributed by atoms with Crippen LogP contribution in [0.1, 0.15) is 22.8 Å². The topological polar surface area (TPSA) is 72.6 Å². The van der Waals surface area contributed by atoms with Gasteiger partial charge in [-0.15, -0.1) is 11.3 Å². The van der Waals surface area contributed by atoms with Gasteiger partial charge in [-0.2, -0.15) is 0 Å². The number of aliphatic imine (C=N–C) groups is 1. The Bertz CT molecular complexity index is 1240. The number of carbonyl (C=O) groups excluding carboxylic acids is 1. The number of rotatable bonds is 5. The maximum absolute atomic E-state index is 15.4. The Morgan fingerprint density at radius 2 is 2.29 bits per heavy atom. The largest absolute Gasteiger partial charge is 0.462 e. The molecule has 3 aromatic rings. The van der Waals surface area contributed by atoms with Crippen molar-refractivity contribution in [3.05, 3.63) is 44.8 Å². The number of alkyl halides is 1. The highest BCUT2D eigenvalue weighted by Crippen LogP contribution is 2.33. The van der Waals surface area contributed by atoms with Crippen molar-refractivity contribution in [1.29, 1.82) is 0 Å². The number of benzene rings is 1. The van der Waals surface area contributed by atoms with Crippen LogP contribution >= 0.6 is 11.3 Å². The Balaban J connectivity index is 2.06. The quantitative estimate of drug-likeness (QED) is 0.442. The summed E-state index contributed by atoms with van der Waals surface area (Å²) in [4.78, 5) is 31.9. The molecule has 1 unspecified atom stereocenters. The van der Waals surface area contributed by atoms with Crippen molar-refractivity contribution in [1.82, 2.24) is 4.40 Å². The standard InChI is InChI=1S/C21H21F2N3O4S/c1-3-29-21(28)16-19(27)13-8-15(23)18(25-4-6-30-12(9-22)11-25)14(10-24-2)17(13)26-5-7-31-20(16)26/h5,7-8,10,12H,3-4,6,9,11H2,1-2H3. The Labute approximate surface area is 180 Å². The molecule has 4 rings (SSSR count). The molecule has 10 heteroatoms. The van der Waals surface area contributed by atoms with Crippen LogP contribution in [0.4, 0.5) is 14.5 Å². The summed E-state index contributed by atoms with van der Waals surface area (Å²) in [6.45, 7) is 1.88. The maximum atomic E-state index is 15.4. The number of morpholine rings is 1. The van der Waals surface area contributed by atoms with Crippen molar-refractivity contribution in [2.45, 2.75) is 13.0 Å². The molecule has 1 saturated heterocycles. The van der Waals surface area contributed by atoms with Crippen LogP contribution in [0.5, 0.6) is 0 Å². The second-order valence-corrected chi connectivity index (χ2v) is 7.89. The molecule has 0 amide bonds. The van der Waals surface area contributed by atoms with Crippen molar-refractivity contribution in [3.63, 3.8) is 0 Å². The highest BCUT2D eigenvalue weighted by atomic mass is 32.1. The summed E-state index contributed by atoms with van der Waals surface area (Å²) in [5.74, 6) is -1.40. The SMILES string of the molecule is CCOC(=O)c1c(=O)c2cc(F)c(N3CCOC(CF)C3)c(C=NC)c2n2ccsc12. The minimum absolute atomic E-state index is 0.0467. The van der Waals surface area contributed by atoms with Crippen LogP contribution in [0.25, 0.3) is 15.7 Å². The number of ether oxygens (including phenoxy) is 2. The van der Waals surface area contributed by atoms with E-state index in [1.807, 2.05) is 0 Å². The molecule has 0 radical (unpaired) electrons. The number of esters is 1. The number of nitrogens with zero attached hydrogens (tertiary/aromatic N) is 3. The normalized spacial score (nSPS) is 17.2. The van der Waals surface area contributed by atoms with Gasteiger partial charge in [0, 0.05) is 43.5 Å². The van der Waals surface area contributed by atoms with E-state index in [2.05, 4.69) is 4.99 Å². The molecule has 1 atom stereocenters. The molecular weight excluding hydrogens is 428 g/mol. The number of hydrogen-bond donors (Lipinski definition) is 0. The van der Waals surface area contributed by atoms with Crippen LogP contribution in [0, 0.1) is 5.82 Å². The summed E-state index contributed by atoms with van der Waals surface area (Å²) in [6, 6.07) is 1.13. The summed E-state index contributed by atoms with van der Waals surface area (Å²) in [7, 11) is 1.55. The van der Waals surface area contributed by atoms with Gasteiger partial charge in [-0.05, 0) is 13.0 Å². The minimum atomic E-state index is -0.747. The Morgan fingerprint density at radius 1 is 1.48 bits per heavy atom. The third-order valence-corrected chi connectivity index (χ3v) is 6.04. The van der Waals surface area contributed by atoms with Gasteiger partial charge in [0.1, 0.15) is 29.0 Å². The zero-order valence-electron chi connectivity index (χ0n) is 17.1. The fraction of sp³-hybridized carbons (Fsp3) is 0.381. The molecule has 1 aliphatic heterocycles. The van der Waals surface area contributed by atoms with Gasteiger partial charge >= 0.3 is 5.97 Å². The summed E-state index contributed by atoms with van der Waals surface area (Å²) in [6.07, 6.45) is 2.53. The van der Waals surface area contributed by atoms with E-state index in [9.17, 15) is 14.0 Å². The fourth-order valence-electron chi connectivity index (χ4n) is 3.92. The lowest BCUT2D eigenvalue weighted by atomic mass is 10.0. The second-order valence-electron chi connectivity index (χ2n) is 7.00. The van der Waals surface area contributed by atoms with Crippen molar-refractivity contribution < 1.29 is 23.0 Å². The monoisotopic (exact) mass is 449 g/mol. The number of anilines is 1. The maximum Gasteiger partial charge on any atom is 0.345 e. The van der Waals surface area contributed by atoms with Gasteiger partial charge < -0.3 is 18.8 Å². The number of aromatic nitrogens is 1. The van der Waals surface area contributed by atoms with E-state index < -0.39 is 30.0 Å². The van der Waals surface area contributed by atoms with Crippen molar-refractivity contribution in [2.24, 2.45) is 4.99 Å². The first-order valence-corrected chi connectivity index (χ1v) is 10.7. The van der Waals surface area contributed by atoms with E-state index in [-0.39, 0.29) is 36.4 Å². The Morgan fingerprint density at radius 3 is 3.00 bits per heavy atom. The van der Waals surface area contributed by atoms with Crippen LogP contribution in [-0.2, 0) is 9.47 Å². The van der Waals surface area contributed by atoms with E-state index in [1.165, 1.54) is 17.6 Å². The molecule has 7 nitrogen and oxygen atoms in total. The van der Waals surface area contributed by atoms with Crippen molar-refractivity contribution in [2.75, 3.05) is 44.9 Å². The van der Waals surface area contributed by atoms with Gasteiger partial charge in [0.25, 0.3) is 0 Å². The van der Waals surface area contributed by atoms with E-state index in [1.54, 1.807) is 34.8 Å². The number of pyridine rings is 1. The van der Waals surface area contributed by atoms with Gasteiger partial charge in [-0.1, -0.05) is 0 Å². The predicted octanol–water partition coefficient (Wildman–Crippen LogP) is 3.05. The average molecular weight is 449 g/mol. The summed E-state index contributed by atoms with van der Waals surface area (Å²) < 4.78 is 40.7. The van der Waals surface area contributed by atoms with Crippen LogP contribution in [0.3, 0.4) is 0 Å². The minimum Gasteiger partial charge on any atom is -0.462 e. The van der Waals surface area contributed by atoms with Gasteiger partial charge in [0.15, 0.2) is 0 Å². The number of carbonyl (C=O) groups is 1. The summed E-state index contributed by atoms with van der Waals surface area (Å²) >= 11 is 1.21. The number of hydrogen-bond acceptors (Lipinski definition) is 7. The molecule has 0 saturated carbocycles. The van der Waals surface area contributed by atoms with Crippen LogP contribution in [0.15, 0.2) is 27.4 Å². The van der Waals surface area contributed by atoms with Gasteiger partial charge in [-0.25, -0.2) is 13.6 Å². The average Bonchev–Trinajstić information content (AvgIpc) is 3.23. The lowest BCUT2D eigenvalue weighted by molar-refractivity contribution is 0.0245. The molecule has 1 fully saturated rings. The molecule has 1 aromatic carbocycles.